The smallest absolute Gasteiger partial charge is 0.222 e. The number of hydrogen-bond acceptors (Lipinski definition) is 3. The van der Waals surface area contributed by atoms with Crippen molar-refractivity contribution in [3.63, 3.8) is 0 Å². The zero-order chi connectivity index (χ0) is 13.8. The van der Waals surface area contributed by atoms with Crippen LogP contribution in [-0.2, 0) is 11.2 Å². The minimum atomic E-state index is -0.0982. The highest BCUT2D eigenvalue weighted by Gasteiger charge is 2.22. The lowest BCUT2D eigenvalue weighted by molar-refractivity contribution is -0.122. The molecule has 2 atom stereocenters. The Kier molecular flexibility index (Phi) is 6.30. The highest BCUT2D eigenvalue weighted by Crippen LogP contribution is 2.32. The van der Waals surface area contributed by atoms with Gasteiger partial charge >= 0.3 is 0 Å². The number of fused-ring (bicyclic) bond motifs is 1. The highest BCUT2D eigenvalue weighted by atomic mass is 35.5. The summed E-state index contributed by atoms with van der Waals surface area (Å²) in [6.07, 6.45) is 3.50. The van der Waals surface area contributed by atoms with Crippen molar-refractivity contribution >= 4 is 18.3 Å². The Morgan fingerprint density at radius 2 is 2.30 bits per heavy atom. The van der Waals surface area contributed by atoms with E-state index in [-0.39, 0.29) is 30.4 Å². The molecule has 0 saturated heterocycles. The second-order valence-corrected chi connectivity index (χ2v) is 5.26. The van der Waals surface area contributed by atoms with Gasteiger partial charge in [0.25, 0.3) is 0 Å². The Balaban J connectivity index is 0.00000200. The summed E-state index contributed by atoms with van der Waals surface area (Å²) in [6.45, 7) is 1.85. The number of carbonyl (C=O) groups excluding carboxylic acids is 1. The van der Waals surface area contributed by atoms with Gasteiger partial charge in [-0.2, -0.15) is 0 Å². The fourth-order valence-electron chi connectivity index (χ4n) is 2.61. The van der Waals surface area contributed by atoms with Crippen LogP contribution in [-0.4, -0.2) is 19.1 Å². The van der Waals surface area contributed by atoms with Crippen LogP contribution >= 0.6 is 12.4 Å². The highest BCUT2D eigenvalue weighted by molar-refractivity contribution is 5.85. The number of amides is 1. The van der Waals surface area contributed by atoms with E-state index >= 15 is 0 Å². The number of hydrogen-bond donors (Lipinski definition) is 2. The van der Waals surface area contributed by atoms with E-state index in [4.69, 9.17) is 10.5 Å². The molecule has 0 bridgehead atoms. The summed E-state index contributed by atoms with van der Waals surface area (Å²) in [5.74, 6) is 0.907. The quantitative estimate of drug-likeness (QED) is 0.897. The second kappa shape index (κ2) is 7.50. The van der Waals surface area contributed by atoms with Gasteiger partial charge in [0.1, 0.15) is 5.75 Å². The topological polar surface area (TPSA) is 64.3 Å². The standard InChI is InChI=1S/C15H22N2O2.ClH/c1-10(16)8-15(18)17-14-5-3-4-11-9-12(19-2)6-7-13(11)14;/h6-7,9-10,14H,3-5,8,16H2,1-2H3,(H,17,18);1H. The van der Waals surface area contributed by atoms with Gasteiger partial charge in [-0.05, 0) is 49.4 Å². The van der Waals surface area contributed by atoms with Crippen LogP contribution < -0.4 is 15.8 Å². The first-order valence-corrected chi connectivity index (χ1v) is 6.82. The van der Waals surface area contributed by atoms with E-state index in [0.29, 0.717) is 6.42 Å². The third-order valence-corrected chi connectivity index (χ3v) is 3.51. The SMILES string of the molecule is COc1ccc2c(c1)CCCC2NC(=O)CC(C)N.Cl. The van der Waals surface area contributed by atoms with E-state index in [1.807, 2.05) is 13.0 Å². The lowest BCUT2D eigenvalue weighted by Crippen LogP contribution is -2.34. The van der Waals surface area contributed by atoms with Gasteiger partial charge in [-0.25, -0.2) is 0 Å². The van der Waals surface area contributed by atoms with Gasteiger partial charge in [-0.3, -0.25) is 4.79 Å². The van der Waals surface area contributed by atoms with Crippen molar-refractivity contribution < 1.29 is 9.53 Å². The summed E-state index contributed by atoms with van der Waals surface area (Å²) in [6, 6.07) is 6.10. The van der Waals surface area contributed by atoms with Crippen molar-refractivity contribution in [3.05, 3.63) is 29.3 Å². The van der Waals surface area contributed by atoms with Crippen LogP contribution in [0.4, 0.5) is 0 Å². The van der Waals surface area contributed by atoms with Crippen molar-refractivity contribution in [1.29, 1.82) is 0 Å². The average Bonchev–Trinajstić information content (AvgIpc) is 2.37. The molecule has 3 N–H and O–H groups in total. The maximum Gasteiger partial charge on any atom is 0.222 e. The number of benzene rings is 1. The predicted molar refractivity (Wildman–Crippen MR) is 82.3 cm³/mol. The molecule has 112 valence electrons. The number of ether oxygens (including phenoxy) is 1. The maximum absolute atomic E-state index is 11.8. The predicted octanol–water partition coefficient (Wildman–Crippen LogP) is 2.35. The van der Waals surface area contributed by atoms with Gasteiger partial charge in [-0.15, -0.1) is 12.4 Å². The fourth-order valence-corrected chi connectivity index (χ4v) is 2.61. The molecular formula is C15H23ClN2O2. The van der Waals surface area contributed by atoms with Crippen LogP contribution in [0.25, 0.3) is 0 Å². The third kappa shape index (κ3) is 4.12. The summed E-state index contributed by atoms with van der Waals surface area (Å²) in [5, 5.41) is 3.08. The number of nitrogens with two attached hydrogens (primary N) is 1. The summed E-state index contributed by atoms with van der Waals surface area (Å²) in [4.78, 5) is 11.8. The van der Waals surface area contributed by atoms with Crippen molar-refractivity contribution in [1.82, 2.24) is 5.32 Å². The molecule has 20 heavy (non-hydrogen) atoms. The number of halogens is 1. The Bertz CT molecular complexity index is 463. The van der Waals surface area contributed by atoms with Gasteiger partial charge in [0, 0.05) is 12.5 Å². The molecule has 0 radical (unpaired) electrons. The van der Waals surface area contributed by atoms with Crippen molar-refractivity contribution in [2.24, 2.45) is 5.73 Å². The minimum Gasteiger partial charge on any atom is -0.497 e. The molecule has 1 aromatic rings. The molecule has 1 amide bonds. The van der Waals surface area contributed by atoms with Crippen LogP contribution in [0.1, 0.15) is 43.4 Å². The second-order valence-electron chi connectivity index (χ2n) is 5.26. The molecule has 4 nitrogen and oxygen atoms in total. The molecule has 5 heteroatoms. The molecule has 0 fully saturated rings. The Morgan fingerprint density at radius 3 is 2.95 bits per heavy atom. The average molecular weight is 299 g/mol. The van der Waals surface area contributed by atoms with Gasteiger partial charge in [0.15, 0.2) is 0 Å². The van der Waals surface area contributed by atoms with Crippen LogP contribution in [0.15, 0.2) is 18.2 Å². The largest absolute Gasteiger partial charge is 0.497 e. The van der Waals surface area contributed by atoms with Crippen LogP contribution in [0, 0.1) is 0 Å². The molecule has 1 aliphatic carbocycles. The van der Waals surface area contributed by atoms with Crippen molar-refractivity contribution in [3.8, 4) is 5.75 Å². The van der Waals surface area contributed by atoms with Crippen molar-refractivity contribution in [2.45, 2.75) is 44.7 Å². The number of methoxy groups -OCH3 is 1. The molecule has 2 rings (SSSR count). The van der Waals surface area contributed by atoms with Crippen LogP contribution in [0.3, 0.4) is 0 Å². The first kappa shape index (κ1) is 16.8. The number of rotatable bonds is 4. The first-order valence-electron chi connectivity index (χ1n) is 6.82. The number of aryl methyl sites for hydroxylation is 1. The molecule has 1 aliphatic rings. The Labute approximate surface area is 126 Å². The van der Waals surface area contributed by atoms with E-state index in [1.54, 1.807) is 7.11 Å². The zero-order valence-electron chi connectivity index (χ0n) is 12.0. The van der Waals surface area contributed by atoms with Crippen molar-refractivity contribution in [2.75, 3.05) is 7.11 Å². The summed E-state index contributed by atoms with van der Waals surface area (Å²) in [7, 11) is 1.67. The van der Waals surface area contributed by atoms with E-state index in [0.717, 1.165) is 25.0 Å². The minimum absolute atomic E-state index is 0. The molecule has 0 spiro atoms. The zero-order valence-corrected chi connectivity index (χ0v) is 12.8. The summed E-state index contributed by atoms with van der Waals surface area (Å²) in [5.41, 5.74) is 8.14. The van der Waals surface area contributed by atoms with Gasteiger partial charge in [0.2, 0.25) is 5.91 Å². The Hall–Kier alpha value is -1.26. The Morgan fingerprint density at radius 1 is 1.55 bits per heavy atom. The third-order valence-electron chi connectivity index (χ3n) is 3.51. The van der Waals surface area contributed by atoms with E-state index in [2.05, 4.69) is 17.4 Å². The molecule has 0 heterocycles. The molecule has 0 aliphatic heterocycles. The first-order chi connectivity index (χ1) is 9.10. The maximum atomic E-state index is 11.8. The molecule has 0 saturated carbocycles. The van der Waals surface area contributed by atoms with Gasteiger partial charge in [0.05, 0.1) is 13.2 Å². The molecule has 1 aromatic carbocycles. The lowest BCUT2D eigenvalue weighted by Gasteiger charge is -2.27. The monoisotopic (exact) mass is 298 g/mol. The number of carbonyl (C=O) groups is 1. The van der Waals surface area contributed by atoms with Gasteiger partial charge < -0.3 is 15.8 Å². The lowest BCUT2D eigenvalue weighted by atomic mass is 9.87. The summed E-state index contributed by atoms with van der Waals surface area (Å²) >= 11 is 0. The van der Waals surface area contributed by atoms with E-state index in [1.165, 1.54) is 11.1 Å². The van der Waals surface area contributed by atoms with E-state index in [9.17, 15) is 4.79 Å². The van der Waals surface area contributed by atoms with Crippen LogP contribution in [0.5, 0.6) is 5.75 Å². The van der Waals surface area contributed by atoms with Gasteiger partial charge in [-0.1, -0.05) is 6.07 Å². The normalized spacial score (nSPS) is 18.4. The van der Waals surface area contributed by atoms with E-state index < -0.39 is 0 Å². The van der Waals surface area contributed by atoms with Crippen LogP contribution in [0.2, 0.25) is 0 Å². The fraction of sp³-hybridized carbons (Fsp3) is 0.533. The molecule has 0 aromatic heterocycles. The molecule has 2 unspecified atom stereocenters. The summed E-state index contributed by atoms with van der Waals surface area (Å²) < 4.78 is 5.25. The number of nitrogens with one attached hydrogen (secondary N) is 1. The molecular weight excluding hydrogens is 276 g/mol.